The number of nitrogens with zero attached hydrogens (tertiary/aromatic N) is 4. The zero-order valence-electron chi connectivity index (χ0n) is 18.5. The number of hydrogen-bond donors (Lipinski definition) is 1. The Morgan fingerprint density at radius 3 is 2.73 bits per heavy atom. The molecule has 1 aromatic carbocycles. The van der Waals surface area contributed by atoms with Crippen molar-refractivity contribution in [1.82, 2.24) is 15.3 Å². The number of aromatic nitrogens is 2. The third-order valence-electron chi connectivity index (χ3n) is 5.28. The Labute approximate surface area is 198 Å². The van der Waals surface area contributed by atoms with Crippen LogP contribution in [0.15, 0.2) is 33.5 Å². The molecular formula is C23H23BrFN5O3. The predicted molar refractivity (Wildman–Crippen MR) is 124 cm³/mol. The highest BCUT2D eigenvalue weighted by molar-refractivity contribution is 9.10. The molecule has 8 nitrogen and oxygen atoms in total. The van der Waals surface area contributed by atoms with Crippen LogP contribution in [-0.4, -0.2) is 40.8 Å². The smallest absolute Gasteiger partial charge is 0.407 e. The third kappa shape index (κ3) is 4.93. The minimum absolute atomic E-state index is 0.00793. The van der Waals surface area contributed by atoms with Crippen LogP contribution in [0.25, 0.3) is 22.4 Å². The number of ether oxygens (including phenoxy) is 1. The Bertz CT molecular complexity index is 1240. The Morgan fingerprint density at radius 1 is 1.36 bits per heavy atom. The lowest BCUT2D eigenvalue weighted by molar-refractivity contribution is 0.0497. The number of halogens is 2. The number of amides is 1. The monoisotopic (exact) mass is 515 g/mol. The number of alkyl carbamates (subject to hydrolysis) is 1. The Morgan fingerprint density at radius 2 is 2.09 bits per heavy atom. The number of nitriles is 1. The molecule has 1 N–H and O–H groups in total. The number of rotatable bonds is 3. The molecule has 33 heavy (non-hydrogen) atoms. The van der Waals surface area contributed by atoms with Crippen molar-refractivity contribution >= 4 is 38.9 Å². The van der Waals surface area contributed by atoms with Gasteiger partial charge in [-0.2, -0.15) is 5.26 Å². The highest BCUT2D eigenvalue weighted by atomic mass is 79.9. The van der Waals surface area contributed by atoms with Crippen LogP contribution < -0.4 is 10.2 Å². The van der Waals surface area contributed by atoms with E-state index >= 15 is 0 Å². The zero-order chi connectivity index (χ0) is 23.8. The van der Waals surface area contributed by atoms with Crippen molar-refractivity contribution in [2.75, 3.05) is 18.0 Å². The lowest BCUT2D eigenvalue weighted by Gasteiger charge is -2.33. The molecule has 0 bridgehead atoms. The summed E-state index contributed by atoms with van der Waals surface area (Å²) in [6, 6.07) is 6.18. The standard InChI is InChI=1S/C23H23BrFN5O3/c1-23(2,3)33-22(31)28-15-6-8-30(9-7-15)21-19-20(32-12-27-19)17(24)18(29-21)13-4-5-14(11-26)16(25)10-13/h4-5,10,12,15H,6-9H2,1-3H3,(H,28,31). The van der Waals surface area contributed by atoms with Gasteiger partial charge in [0.2, 0.25) is 0 Å². The molecule has 1 aliphatic heterocycles. The molecule has 1 fully saturated rings. The molecule has 1 amide bonds. The van der Waals surface area contributed by atoms with Crippen LogP contribution in [0.1, 0.15) is 39.2 Å². The van der Waals surface area contributed by atoms with Crippen molar-refractivity contribution < 1.29 is 18.3 Å². The van der Waals surface area contributed by atoms with Gasteiger partial charge >= 0.3 is 6.09 Å². The summed E-state index contributed by atoms with van der Waals surface area (Å²) < 4.78 is 25.8. The average Bonchev–Trinajstić information content (AvgIpc) is 3.24. The number of pyridine rings is 1. The first kappa shape index (κ1) is 23.0. The second-order valence-electron chi connectivity index (χ2n) is 8.84. The van der Waals surface area contributed by atoms with Gasteiger partial charge in [0, 0.05) is 24.7 Å². The van der Waals surface area contributed by atoms with Crippen molar-refractivity contribution in [3.8, 4) is 17.3 Å². The van der Waals surface area contributed by atoms with Crippen LogP contribution >= 0.6 is 15.9 Å². The molecule has 0 aliphatic carbocycles. The van der Waals surface area contributed by atoms with Gasteiger partial charge in [-0.05, 0) is 61.7 Å². The maximum atomic E-state index is 14.3. The minimum Gasteiger partial charge on any atom is -0.444 e. The molecule has 172 valence electrons. The highest BCUT2D eigenvalue weighted by Crippen LogP contribution is 2.38. The van der Waals surface area contributed by atoms with Gasteiger partial charge in [-0.25, -0.2) is 19.2 Å². The molecule has 0 radical (unpaired) electrons. The summed E-state index contributed by atoms with van der Waals surface area (Å²) in [5, 5.41) is 11.9. The number of benzene rings is 1. The number of hydrogen-bond acceptors (Lipinski definition) is 7. The third-order valence-corrected chi connectivity index (χ3v) is 6.02. The maximum absolute atomic E-state index is 14.3. The van der Waals surface area contributed by atoms with Crippen molar-refractivity contribution in [3.63, 3.8) is 0 Å². The molecule has 0 spiro atoms. The van der Waals surface area contributed by atoms with Crippen LogP contribution in [0.5, 0.6) is 0 Å². The summed E-state index contributed by atoms with van der Waals surface area (Å²) in [7, 11) is 0. The molecular weight excluding hydrogens is 493 g/mol. The molecule has 10 heteroatoms. The second-order valence-corrected chi connectivity index (χ2v) is 9.64. The van der Waals surface area contributed by atoms with Crippen LogP contribution in [-0.2, 0) is 4.74 Å². The van der Waals surface area contributed by atoms with Crippen LogP contribution in [0, 0.1) is 17.1 Å². The quantitative estimate of drug-likeness (QED) is 0.513. The van der Waals surface area contributed by atoms with Crippen LogP contribution in [0.4, 0.5) is 15.0 Å². The Hall–Kier alpha value is -3.19. The van der Waals surface area contributed by atoms with E-state index in [0.717, 1.165) is 0 Å². The molecule has 4 rings (SSSR count). The molecule has 1 aliphatic rings. The predicted octanol–water partition coefficient (Wildman–Crippen LogP) is 5.16. The Kier molecular flexibility index (Phi) is 6.26. The zero-order valence-corrected chi connectivity index (χ0v) is 20.1. The molecule has 0 atom stereocenters. The van der Waals surface area contributed by atoms with Crippen molar-refractivity contribution in [3.05, 3.63) is 40.4 Å². The largest absolute Gasteiger partial charge is 0.444 e. The normalized spacial score (nSPS) is 14.8. The number of carbonyl (C=O) groups excluding carboxylic acids is 1. The van der Waals surface area contributed by atoms with E-state index in [1.807, 2.05) is 26.8 Å². The summed E-state index contributed by atoms with van der Waals surface area (Å²) in [4.78, 5) is 23.3. The van der Waals surface area contributed by atoms with E-state index in [4.69, 9.17) is 19.4 Å². The lowest BCUT2D eigenvalue weighted by atomic mass is 10.0. The summed E-state index contributed by atoms with van der Waals surface area (Å²) in [5.74, 6) is 0.00869. The molecule has 3 aromatic rings. The van der Waals surface area contributed by atoms with Gasteiger partial charge < -0.3 is 19.4 Å². The van der Waals surface area contributed by atoms with Crippen molar-refractivity contribution in [2.24, 2.45) is 0 Å². The van der Waals surface area contributed by atoms with E-state index < -0.39 is 17.5 Å². The number of nitrogens with one attached hydrogen (secondary N) is 1. The fourth-order valence-corrected chi connectivity index (χ4v) is 4.35. The van der Waals surface area contributed by atoms with Gasteiger partial charge in [0.25, 0.3) is 0 Å². The van der Waals surface area contributed by atoms with Gasteiger partial charge in [-0.15, -0.1) is 0 Å². The van der Waals surface area contributed by atoms with Crippen molar-refractivity contribution in [1.29, 1.82) is 5.26 Å². The second kappa shape index (κ2) is 8.98. The average molecular weight is 516 g/mol. The topological polar surface area (TPSA) is 104 Å². The van der Waals surface area contributed by atoms with Crippen molar-refractivity contribution in [2.45, 2.75) is 45.3 Å². The first-order valence-corrected chi connectivity index (χ1v) is 11.3. The van der Waals surface area contributed by atoms with E-state index in [-0.39, 0.29) is 11.6 Å². The van der Waals surface area contributed by atoms with Gasteiger partial charge in [-0.1, -0.05) is 6.07 Å². The van der Waals surface area contributed by atoms with E-state index in [0.29, 0.717) is 58.6 Å². The number of anilines is 1. The summed E-state index contributed by atoms with van der Waals surface area (Å²) in [5.41, 5.74) is 1.53. The number of carbonyl (C=O) groups is 1. The van der Waals surface area contributed by atoms with E-state index in [2.05, 4.69) is 31.1 Å². The number of piperidine rings is 1. The maximum Gasteiger partial charge on any atom is 0.407 e. The van der Waals surface area contributed by atoms with E-state index in [1.165, 1.54) is 18.5 Å². The van der Waals surface area contributed by atoms with Gasteiger partial charge in [-0.3, -0.25) is 0 Å². The number of oxazole rings is 1. The number of fused-ring (bicyclic) bond motifs is 1. The molecule has 2 aromatic heterocycles. The first-order chi connectivity index (χ1) is 15.7. The summed E-state index contributed by atoms with van der Waals surface area (Å²) in [6.45, 7) is 6.76. The highest BCUT2D eigenvalue weighted by Gasteiger charge is 2.27. The van der Waals surface area contributed by atoms with Crippen LogP contribution in [0.3, 0.4) is 0 Å². The van der Waals surface area contributed by atoms with E-state index in [1.54, 1.807) is 6.07 Å². The fourth-order valence-electron chi connectivity index (χ4n) is 3.75. The molecule has 1 saturated heterocycles. The fraction of sp³-hybridized carbons (Fsp3) is 0.391. The lowest BCUT2D eigenvalue weighted by Crippen LogP contribution is -2.46. The molecule has 0 saturated carbocycles. The molecule has 3 heterocycles. The molecule has 0 unspecified atom stereocenters. The van der Waals surface area contributed by atoms with Crippen LogP contribution in [0.2, 0.25) is 0 Å². The Balaban J connectivity index is 1.59. The van der Waals surface area contributed by atoms with Gasteiger partial charge in [0.1, 0.15) is 17.5 Å². The first-order valence-electron chi connectivity index (χ1n) is 10.5. The minimum atomic E-state index is -0.614. The van der Waals surface area contributed by atoms with Gasteiger partial charge in [0.15, 0.2) is 23.3 Å². The SMILES string of the molecule is CC(C)(C)OC(=O)NC1CCN(c2nc(-c3ccc(C#N)c(F)c3)c(Br)c3ocnc23)CC1. The summed E-state index contributed by atoms with van der Waals surface area (Å²) >= 11 is 3.51. The van der Waals surface area contributed by atoms with E-state index in [9.17, 15) is 9.18 Å². The summed E-state index contributed by atoms with van der Waals surface area (Å²) in [6.07, 6.45) is 2.33. The van der Waals surface area contributed by atoms with Gasteiger partial charge in [0.05, 0.1) is 15.7 Å².